The summed E-state index contributed by atoms with van der Waals surface area (Å²) in [5.74, 6) is 0.770. The van der Waals surface area contributed by atoms with Gasteiger partial charge in [-0.15, -0.1) is 0 Å². The molecule has 3 aliphatic rings. The molecule has 4 rings (SSSR count). The van der Waals surface area contributed by atoms with Gasteiger partial charge in [0.2, 0.25) is 0 Å². The van der Waals surface area contributed by atoms with Gasteiger partial charge in [0.1, 0.15) is 0 Å². The summed E-state index contributed by atoms with van der Waals surface area (Å²) in [4.78, 5) is 14.7. The summed E-state index contributed by atoms with van der Waals surface area (Å²) in [6.45, 7) is 2.72. The molecule has 2 amide bonds. The van der Waals surface area contributed by atoms with E-state index >= 15 is 0 Å². The van der Waals surface area contributed by atoms with Gasteiger partial charge in [-0.2, -0.15) is 0 Å². The van der Waals surface area contributed by atoms with Crippen LogP contribution in [0.5, 0.6) is 0 Å². The molecule has 2 N–H and O–H groups in total. The number of nitrogens with zero attached hydrogens (tertiary/aromatic N) is 1. The summed E-state index contributed by atoms with van der Waals surface area (Å²) in [6.07, 6.45) is 3.98. The third-order valence-corrected chi connectivity index (χ3v) is 5.38. The van der Waals surface area contributed by atoms with Crippen molar-refractivity contribution in [1.82, 2.24) is 10.2 Å². The SMILES string of the molecule is O=C(Nc1ccccc1Cl)N[C@@H]1C[C@H]2CO[C@H](C3CC3)CN2C1. The highest BCUT2D eigenvalue weighted by atomic mass is 35.5. The standard InChI is InChI=1S/C17H22ClN3O2/c18-14-3-1-2-4-15(14)20-17(22)19-12-7-13-10-23-16(11-5-6-11)9-21(13)8-12/h1-4,11-13,16H,5-10H2,(H2,19,20,22)/t12-,13+,16+/m1/s1. The van der Waals surface area contributed by atoms with Crippen LogP contribution in [0.4, 0.5) is 10.5 Å². The molecule has 3 fully saturated rings. The summed E-state index contributed by atoms with van der Waals surface area (Å²) >= 11 is 6.07. The van der Waals surface area contributed by atoms with Crippen LogP contribution in [0, 0.1) is 5.92 Å². The summed E-state index contributed by atoms with van der Waals surface area (Å²) in [6, 6.07) is 7.68. The third-order valence-electron chi connectivity index (χ3n) is 5.05. The number of anilines is 1. The molecule has 6 heteroatoms. The van der Waals surface area contributed by atoms with Crippen LogP contribution in [-0.2, 0) is 4.74 Å². The number of urea groups is 1. The van der Waals surface area contributed by atoms with Gasteiger partial charge in [0.25, 0.3) is 0 Å². The Labute approximate surface area is 141 Å². The van der Waals surface area contributed by atoms with Crippen LogP contribution in [0.3, 0.4) is 0 Å². The average Bonchev–Trinajstić information content (AvgIpc) is 3.30. The number of carbonyl (C=O) groups is 1. The van der Waals surface area contributed by atoms with E-state index in [4.69, 9.17) is 16.3 Å². The zero-order valence-electron chi connectivity index (χ0n) is 13.0. The van der Waals surface area contributed by atoms with Gasteiger partial charge in [-0.1, -0.05) is 23.7 Å². The fourth-order valence-corrected chi connectivity index (χ4v) is 3.85. The predicted octanol–water partition coefficient (Wildman–Crippen LogP) is 2.71. The number of benzene rings is 1. The van der Waals surface area contributed by atoms with E-state index in [1.165, 1.54) is 12.8 Å². The maximum Gasteiger partial charge on any atom is 0.319 e. The number of halogens is 1. The summed E-state index contributed by atoms with van der Waals surface area (Å²) in [5, 5.41) is 6.44. The van der Waals surface area contributed by atoms with Crippen LogP contribution in [-0.4, -0.2) is 48.8 Å². The molecule has 23 heavy (non-hydrogen) atoms. The highest BCUT2D eigenvalue weighted by Crippen LogP contribution is 2.37. The number of hydrogen-bond acceptors (Lipinski definition) is 3. The Balaban J connectivity index is 1.30. The number of hydrogen-bond donors (Lipinski definition) is 2. The average molecular weight is 336 g/mol. The van der Waals surface area contributed by atoms with Crippen molar-refractivity contribution in [1.29, 1.82) is 0 Å². The maximum atomic E-state index is 12.2. The Morgan fingerprint density at radius 2 is 2.09 bits per heavy atom. The molecule has 0 radical (unpaired) electrons. The van der Waals surface area contributed by atoms with E-state index in [1.807, 2.05) is 12.1 Å². The van der Waals surface area contributed by atoms with E-state index < -0.39 is 0 Å². The van der Waals surface area contributed by atoms with Crippen molar-refractivity contribution in [3.8, 4) is 0 Å². The molecule has 1 aliphatic carbocycles. The van der Waals surface area contributed by atoms with Crippen LogP contribution in [0.15, 0.2) is 24.3 Å². The van der Waals surface area contributed by atoms with Gasteiger partial charge >= 0.3 is 6.03 Å². The summed E-state index contributed by atoms with van der Waals surface area (Å²) in [5.41, 5.74) is 0.638. The van der Waals surface area contributed by atoms with E-state index in [0.29, 0.717) is 22.9 Å². The molecule has 2 saturated heterocycles. The monoisotopic (exact) mass is 335 g/mol. The fourth-order valence-electron chi connectivity index (χ4n) is 3.66. The Kier molecular flexibility index (Phi) is 4.18. The van der Waals surface area contributed by atoms with E-state index in [2.05, 4.69) is 15.5 Å². The number of fused-ring (bicyclic) bond motifs is 1. The minimum absolute atomic E-state index is 0.170. The molecular weight excluding hydrogens is 314 g/mol. The van der Waals surface area contributed by atoms with Crippen molar-refractivity contribution in [3.05, 3.63) is 29.3 Å². The van der Waals surface area contributed by atoms with Gasteiger partial charge in [0.05, 0.1) is 23.4 Å². The van der Waals surface area contributed by atoms with Crippen molar-refractivity contribution >= 4 is 23.3 Å². The zero-order valence-corrected chi connectivity index (χ0v) is 13.8. The number of nitrogens with one attached hydrogen (secondary N) is 2. The second-order valence-corrected chi connectivity index (χ2v) is 7.24. The quantitative estimate of drug-likeness (QED) is 0.893. The molecular formula is C17H22ClN3O2. The smallest absolute Gasteiger partial charge is 0.319 e. The molecule has 3 atom stereocenters. The molecule has 124 valence electrons. The highest BCUT2D eigenvalue weighted by Gasteiger charge is 2.42. The second kappa shape index (κ2) is 6.30. The van der Waals surface area contributed by atoms with Gasteiger partial charge in [0.15, 0.2) is 0 Å². The Morgan fingerprint density at radius 3 is 2.87 bits per heavy atom. The first-order valence-electron chi connectivity index (χ1n) is 8.37. The third kappa shape index (κ3) is 3.47. The summed E-state index contributed by atoms with van der Waals surface area (Å²) < 4.78 is 5.99. The normalized spacial score (nSPS) is 30.7. The van der Waals surface area contributed by atoms with Crippen LogP contribution in [0.25, 0.3) is 0 Å². The molecule has 1 aromatic rings. The molecule has 2 heterocycles. The minimum atomic E-state index is -0.192. The molecule has 0 bridgehead atoms. The van der Waals surface area contributed by atoms with Crippen LogP contribution >= 0.6 is 11.6 Å². The first kappa shape index (κ1) is 15.2. The molecule has 1 saturated carbocycles. The molecule has 5 nitrogen and oxygen atoms in total. The number of rotatable bonds is 3. The molecule has 0 spiro atoms. The lowest BCUT2D eigenvalue weighted by Crippen LogP contribution is -2.47. The zero-order chi connectivity index (χ0) is 15.8. The number of morpholine rings is 1. The lowest BCUT2D eigenvalue weighted by molar-refractivity contribution is -0.0581. The topological polar surface area (TPSA) is 53.6 Å². The maximum absolute atomic E-state index is 12.2. The minimum Gasteiger partial charge on any atom is -0.375 e. The summed E-state index contributed by atoms with van der Waals surface area (Å²) in [7, 11) is 0. The molecule has 1 aromatic carbocycles. The fraction of sp³-hybridized carbons (Fsp3) is 0.588. The van der Waals surface area contributed by atoms with Crippen molar-refractivity contribution < 1.29 is 9.53 Å². The number of para-hydroxylation sites is 1. The largest absolute Gasteiger partial charge is 0.375 e. The number of carbonyl (C=O) groups excluding carboxylic acids is 1. The molecule has 0 unspecified atom stereocenters. The predicted molar refractivity (Wildman–Crippen MR) is 89.8 cm³/mol. The van der Waals surface area contributed by atoms with Crippen molar-refractivity contribution in [2.45, 2.75) is 37.5 Å². The molecule has 0 aromatic heterocycles. The van der Waals surface area contributed by atoms with E-state index in [9.17, 15) is 4.79 Å². The Hall–Kier alpha value is -1.30. The van der Waals surface area contributed by atoms with E-state index in [-0.39, 0.29) is 12.1 Å². The van der Waals surface area contributed by atoms with Gasteiger partial charge in [-0.3, -0.25) is 4.90 Å². The van der Waals surface area contributed by atoms with Crippen molar-refractivity contribution in [2.75, 3.05) is 25.0 Å². The molecule has 2 aliphatic heterocycles. The van der Waals surface area contributed by atoms with E-state index in [0.717, 1.165) is 32.0 Å². The van der Waals surface area contributed by atoms with Crippen LogP contribution < -0.4 is 10.6 Å². The van der Waals surface area contributed by atoms with Crippen molar-refractivity contribution in [3.63, 3.8) is 0 Å². The number of amides is 2. The van der Waals surface area contributed by atoms with Gasteiger partial charge in [-0.05, 0) is 37.3 Å². The first-order chi connectivity index (χ1) is 11.2. The Morgan fingerprint density at radius 1 is 1.26 bits per heavy atom. The van der Waals surface area contributed by atoms with Crippen LogP contribution in [0.1, 0.15) is 19.3 Å². The lowest BCUT2D eigenvalue weighted by Gasteiger charge is -2.35. The van der Waals surface area contributed by atoms with Gasteiger partial charge in [-0.25, -0.2) is 4.79 Å². The second-order valence-electron chi connectivity index (χ2n) is 6.83. The van der Waals surface area contributed by atoms with Crippen LogP contribution in [0.2, 0.25) is 5.02 Å². The lowest BCUT2D eigenvalue weighted by atomic mass is 10.1. The van der Waals surface area contributed by atoms with Gasteiger partial charge in [0, 0.05) is 25.2 Å². The van der Waals surface area contributed by atoms with E-state index in [1.54, 1.807) is 12.1 Å². The highest BCUT2D eigenvalue weighted by molar-refractivity contribution is 6.33. The Bertz CT molecular complexity index is 593. The number of ether oxygens (including phenoxy) is 1. The van der Waals surface area contributed by atoms with Crippen molar-refractivity contribution in [2.24, 2.45) is 5.92 Å². The first-order valence-corrected chi connectivity index (χ1v) is 8.74. The van der Waals surface area contributed by atoms with Gasteiger partial charge < -0.3 is 15.4 Å².